The molecule has 0 aliphatic rings. The predicted octanol–water partition coefficient (Wildman–Crippen LogP) is 3.08. The zero-order chi connectivity index (χ0) is 12.1. The van der Waals surface area contributed by atoms with E-state index in [0.717, 1.165) is 24.4 Å². The minimum Gasteiger partial charge on any atom is -0.374 e. The summed E-state index contributed by atoms with van der Waals surface area (Å²) in [6, 6.07) is 6.20. The van der Waals surface area contributed by atoms with Gasteiger partial charge in [0.15, 0.2) is 0 Å². The van der Waals surface area contributed by atoms with Crippen LogP contribution in [0.4, 0.5) is 5.69 Å². The molecule has 2 N–H and O–H groups in total. The summed E-state index contributed by atoms with van der Waals surface area (Å²) in [5.41, 5.74) is 8.33. The van der Waals surface area contributed by atoms with Gasteiger partial charge >= 0.3 is 0 Å². The fourth-order valence-corrected chi connectivity index (χ4v) is 2.09. The number of hydrogen-bond acceptors (Lipinski definition) is 2. The maximum Gasteiger partial charge on any atom is 0.0410 e. The van der Waals surface area contributed by atoms with Gasteiger partial charge in [0.1, 0.15) is 0 Å². The number of halogens is 1. The second kappa shape index (κ2) is 6.12. The van der Waals surface area contributed by atoms with E-state index in [1.54, 1.807) is 0 Å². The van der Waals surface area contributed by atoms with Crippen molar-refractivity contribution < 1.29 is 0 Å². The lowest BCUT2D eigenvalue weighted by Crippen LogP contribution is -2.23. The molecule has 1 atom stereocenters. The SMILES string of the molecule is CCCN(C)c1ccc(Cl)cc1CC(C)N. The zero-order valence-electron chi connectivity index (χ0n) is 10.3. The van der Waals surface area contributed by atoms with Gasteiger partial charge in [-0.25, -0.2) is 0 Å². The summed E-state index contributed by atoms with van der Waals surface area (Å²) >= 11 is 6.02. The number of nitrogens with two attached hydrogens (primary N) is 1. The highest BCUT2D eigenvalue weighted by Crippen LogP contribution is 2.24. The molecule has 0 radical (unpaired) electrons. The van der Waals surface area contributed by atoms with Crippen LogP contribution in [0.1, 0.15) is 25.8 Å². The van der Waals surface area contributed by atoms with Crippen LogP contribution in [-0.4, -0.2) is 19.6 Å². The van der Waals surface area contributed by atoms with Crippen LogP contribution in [0, 0.1) is 0 Å². The Hall–Kier alpha value is -0.730. The molecule has 0 bridgehead atoms. The summed E-state index contributed by atoms with van der Waals surface area (Å²) in [4.78, 5) is 2.26. The van der Waals surface area contributed by atoms with Gasteiger partial charge < -0.3 is 10.6 Å². The number of benzene rings is 1. The van der Waals surface area contributed by atoms with Gasteiger partial charge in [-0.05, 0) is 43.5 Å². The van der Waals surface area contributed by atoms with Crippen molar-refractivity contribution in [3.63, 3.8) is 0 Å². The summed E-state index contributed by atoms with van der Waals surface area (Å²) in [5, 5.41) is 0.782. The van der Waals surface area contributed by atoms with Gasteiger partial charge in [-0.3, -0.25) is 0 Å². The summed E-state index contributed by atoms with van der Waals surface area (Å²) in [6.07, 6.45) is 2.00. The molecule has 0 saturated carbocycles. The van der Waals surface area contributed by atoms with E-state index >= 15 is 0 Å². The molecule has 1 unspecified atom stereocenters. The molecule has 1 rings (SSSR count). The molecule has 0 amide bonds. The van der Waals surface area contributed by atoms with E-state index in [0.29, 0.717) is 0 Å². The van der Waals surface area contributed by atoms with Crippen molar-refractivity contribution in [3.8, 4) is 0 Å². The Morgan fingerprint density at radius 2 is 2.12 bits per heavy atom. The molecular formula is C13H21ClN2. The quantitative estimate of drug-likeness (QED) is 0.857. The maximum absolute atomic E-state index is 6.02. The van der Waals surface area contributed by atoms with Crippen LogP contribution < -0.4 is 10.6 Å². The lowest BCUT2D eigenvalue weighted by molar-refractivity contribution is 0.733. The van der Waals surface area contributed by atoms with Crippen LogP contribution in [0.2, 0.25) is 5.02 Å². The normalized spacial score (nSPS) is 12.6. The highest BCUT2D eigenvalue weighted by molar-refractivity contribution is 6.30. The average molecular weight is 241 g/mol. The number of anilines is 1. The molecule has 16 heavy (non-hydrogen) atoms. The number of rotatable bonds is 5. The Labute approximate surface area is 103 Å². The van der Waals surface area contributed by atoms with Gasteiger partial charge in [-0.1, -0.05) is 18.5 Å². The lowest BCUT2D eigenvalue weighted by Gasteiger charge is -2.23. The monoisotopic (exact) mass is 240 g/mol. The second-order valence-corrected chi connectivity index (χ2v) is 4.81. The fraction of sp³-hybridized carbons (Fsp3) is 0.538. The van der Waals surface area contributed by atoms with Gasteiger partial charge in [0.25, 0.3) is 0 Å². The Morgan fingerprint density at radius 1 is 1.44 bits per heavy atom. The van der Waals surface area contributed by atoms with E-state index in [1.165, 1.54) is 11.3 Å². The number of hydrogen-bond donors (Lipinski definition) is 1. The molecule has 0 fully saturated rings. The minimum absolute atomic E-state index is 0.159. The summed E-state index contributed by atoms with van der Waals surface area (Å²) < 4.78 is 0. The van der Waals surface area contributed by atoms with Gasteiger partial charge in [0, 0.05) is 30.3 Å². The summed E-state index contributed by atoms with van der Waals surface area (Å²) in [5.74, 6) is 0. The van der Waals surface area contributed by atoms with Crippen LogP contribution in [0.5, 0.6) is 0 Å². The molecule has 0 heterocycles. The van der Waals surface area contributed by atoms with Crippen molar-refractivity contribution in [1.82, 2.24) is 0 Å². The van der Waals surface area contributed by atoms with Gasteiger partial charge in [-0.15, -0.1) is 0 Å². The van der Waals surface area contributed by atoms with E-state index in [-0.39, 0.29) is 6.04 Å². The highest BCUT2D eigenvalue weighted by atomic mass is 35.5. The van der Waals surface area contributed by atoms with Gasteiger partial charge in [0.2, 0.25) is 0 Å². The van der Waals surface area contributed by atoms with Gasteiger partial charge in [-0.2, -0.15) is 0 Å². The standard InChI is InChI=1S/C13H21ClN2/c1-4-7-16(3)13-6-5-12(14)9-11(13)8-10(2)15/h5-6,9-10H,4,7-8,15H2,1-3H3. The molecule has 0 spiro atoms. The molecule has 0 saturated heterocycles. The largest absolute Gasteiger partial charge is 0.374 e. The molecule has 1 aromatic rings. The maximum atomic E-state index is 6.02. The smallest absolute Gasteiger partial charge is 0.0410 e. The Morgan fingerprint density at radius 3 is 2.69 bits per heavy atom. The van der Waals surface area contributed by atoms with Crippen molar-refractivity contribution in [2.75, 3.05) is 18.5 Å². The van der Waals surface area contributed by atoms with E-state index in [2.05, 4.69) is 24.9 Å². The predicted molar refractivity (Wildman–Crippen MR) is 72.4 cm³/mol. The molecule has 0 aliphatic carbocycles. The first-order valence-electron chi connectivity index (χ1n) is 5.79. The first-order valence-corrected chi connectivity index (χ1v) is 6.17. The van der Waals surface area contributed by atoms with Crippen molar-refractivity contribution in [1.29, 1.82) is 0 Å². The lowest BCUT2D eigenvalue weighted by atomic mass is 10.0. The second-order valence-electron chi connectivity index (χ2n) is 4.38. The van der Waals surface area contributed by atoms with Crippen LogP contribution >= 0.6 is 11.6 Å². The molecule has 2 nitrogen and oxygen atoms in total. The summed E-state index contributed by atoms with van der Waals surface area (Å²) in [6.45, 7) is 5.25. The van der Waals surface area contributed by atoms with Crippen molar-refractivity contribution in [3.05, 3.63) is 28.8 Å². The van der Waals surface area contributed by atoms with E-state index in [9.17, 15) is 0 Å². The zero-order valence-corrected chi connectivity index (χ0v) is 11.1. The molecule has 3 heteroatoms. The molecule has 1 aromatic carbocycles. The van der Waals surface area contributed by atoms with Crippen LogP contribution in [0.15, 0.2) is 18.2 Å². The van der Waals surface area contributed by atoms with E-state index < -0.39 is 0 Å². The van der Waals surface area contributed by atoms with Crippen molar-refractivity contribution in [2.24, 2.45) is 5.73 Å². The third-order valence-electron chi connectivity index (χ3n) is 2.55. The van der Waals surface area contributed by atoms with Crippen LogP contribution in [0.3, 0.4) is 0 Å². The Bertz CT molecular complexity index is 337. The molecule has 90 valence electrons. The third kappa shape index (κ3) is 3.69. The average Bonchev–Trinajstić information content (AvgIpc) is 2.16. The first-order chi connectivity index (χ1) is 7.54. The minimum atomic E-state index is 0.159. The molecular weight excluding hydrogens is 220 g/mol. The first kappa shape index (κ1) is 13.3. The van der Waals surface area contributed by atoms with Crippen LogP contribution in [0.25, 0.3) is 0 Å². The van der Waals surface area contributed by atoms with Crippen LogP contribution in [-0.2, 0) is 6.42 Å². The van der Waals surface area contributed by atoms with E-state index in [4.69, 9.17) is 17.3 Å². The highest BCUT2D eigenvalue weighted by Gasteiger charge is 2.09. The fourth-order valence-electron chi connectivity index (χ4n) is 1.89. The van der Waals surface area contributed by atoms with E-state index in [1.807, 2.05) is 19.1 Å². The topological polar surface area (TPSA) is 29.3 Å². The molecule has 0 aliphatic heterocycles. The Balaban J connectivity index is 2.97. The third-order valence-corrected chi connectivity index (χ3v) is 2.79. The van der Waals surface area contributed by atoms with Crippen molar-refractivity contribution in [2.45, 2.75) is 32.7 Å². The van der Waals surface area contributed by atoms with Crippen molar-refractivity contribution >= 4 is 17.3 Å². The van der Waals surface area contributed by atoms with Gasteiger partial charge in [0.05, 0.1) is 0 Å². The molecule has 0 aromatic heterocycles. The summed E-state index contributed by atoms with van der Waals surface area (Å²) in [7, 11) is 2.11. The Kier molecular flexibility index (Phi) is 5.10. The number of nitrogens with zero attached hydrogens (tertiary/aromatic N) is 1.